The van der Waals surface area contributed by atoms with E-state index in [4.69, 9.17) is 4.74 Å². The number of morpholine rings is 1. The predicted octanol–water partition coefficient (Wildman–Crippen LogP) is 2.39. The van der Waals surface area contributed by atoms with E-state index >= 15 is 0 Å². The second-order valence-corrected chi connectivity index (χ2v) is 5.51. The molecule has 0 amide bonds. The number of nitrogens with zero attached hydrogens (tertiary/aromatic N) is 2. The van der Waals surface area contributed by atoms with E-state index in [1.54, 1.807) is 0 Å². The van der Waals surface area contributed by atoms with Gasteiger partial charge in [0, 0.05) is 27.7 Å². The lowest BCUT2D eigenvalue weighted by Crippen LogP contribution is -2.43. The number of fused-ring (bicyclic) bond motifs is 1. The molecular formula is C12H14IN3O. The van der Waals surface area contributed by atoms with E-state index in [-0.39, 0.29) is 0 Å². The van der Waals surface area contributed by atoms with E-state index in [1.807, 2.05) is 12.4 Å². The SMILES string of the molecule is CC1COCCN1c1cnc2[nH]cc(I)c2c1. The maximum absolute atomic E-state index is 5.46. The Morgan fingerprint density at radius 3 is 3.29 bits per heavy atom. The fraction of sp³-hybridized carbons (Fsp3) is 0.417. The van der Waals surface area contributed by atoms with E-state index in [0.29, 0.717) is 6.04 Å². The maximum Gasteiger partial charge on any atom is 0.138 e. The van der Waals surface area contributed by atoms with Crippen LogP contribution in [0.2, 0.25) is 0 Å². The highest BCUT2D eigenvalue weighted by Gasteiger charge is 2.19. The first kappa shape index (κ1) is 11.3. The van der Waals surface area contributed by atoms with Crippen molar-refractivity contribution in [2.24, 2.45) is 0 Å². The molecule has 3 heterocycles. The first-order valence-corrected chi connectivity index (χ1v) is 6.80. The summed E-state index contributed by atoms with van der Waals surface area (Å²) in [7, 11) is 0. The molecule has 90 valence electrons. The highest BCUT2D eigenvalue weighted by atomic mass is 127. The van der Waals surface area contributed by atoms with Crippen LogP contribution in [0, 0.1) is 3.57 Å². The molecular weight excluding hydrogens is 329 g/mol. The van der Waals surface area contributed by atoms with Crippen LogP contribution in [0.5, 0.6) is 0 Å². The summed E-state index contributed by atoms with van der Waals surface area (Å²) in [4.78, 5) is 10.00. The van der Waals surface area contributed by atoms with Gasteiger partial charge in [0.1, 0.15) is 5.65 Å². The van der Waals surface area contributed by atoms with E-state index in [9.17, 15) is 0 Å². The van der Waals surface area contributed by atoms with Gasteiger partial charge < -0.3 is 14.6 Å². The van der Waals surface area contributed by atoms with Crippen LogP contribution in [-0.4, -0.2) is 35.8 Å². The molecule has 5 heteroatoms. The topological polar surface area (TPSA) is 41.1 Å². The third-order valence-corrected chi connectivity index (χ3v) is 4.06. The smallest absolute Gasteiger partial charge is 0.138 e. The summed E-state index contributed by atoms with van der Waals surface area (Å²) < 4.78 is 6.68. The van der Waals surface area contributed by atoms with Crippen LogP contribution in [-0.2, 0) is 4.74 Å². The minimum Gasteiger partial charge on any atom is -0.377 e. The second-order valence-electron chi connectivity index (χ2n) is 4.34. The van der Waals surface area contributed by atoms with Crippen LogP contribution in [0.3, 0.4) is 0 Å². The summed E-state index contributed by atoms with van der Waals surface area (Å²) >= 11 is 2.33. The summed E-state index contributed by atoms with van der Waals surface area (Å²) in [6, 6.07) is 2.63. The number of aromatic amines is 1. The Hall–Kier alpha value is -0.820. The molecule has 1 aliphatic heterocycles. The number of aromatic nitrogens is 2. The van der Waals surface area contributed by atoms with Crippen LogP contribution < -0.4 is 4.90 Å². The Morgan fingerprint density at radius 1 is 1.59 bits per heavy atom. The summed E-state index contributed by atoms with van der Waals surface area (Å²) in [6.45, 7) is 4.72. The maximum atomic E-state index is 5.46. The number of nitrogens with one attached hydrogen (secondary N) is 1. The van der Waals surface area contributed by atoms with Gasteiger partial charge in [-0.25, -0.2) is 4.98 Å². The van der Waals surface area contributed by atoms with E-state index in [2.05, 4.69) is 50.4 Å². The van der Waals surface area contributed by atoms with Gasteiger partial charge in [0.2, 0.25) is 0 Å². The zero-order chi connectivity index (χ0) is 11.8. The number of ether oxygens (including phenoxy) is 1. The minimum absolute atomic E-state index is 0.416. The zero-order valence-corrected chi connectivity index (χ0v) is 11.8. The molecule has 1 unspecified atom stereocenters. The molecule has 1 N–H and O–H groups in total. The third kappa shape index (κ3) is 2.01. The van der Waals surface area contributed by atoms with Gasteiger partial charge in [-0.1, -0.05) is 0 Å². The fourth-order valence-electron chi connectivity index (χ4n) is 2.23. The standard InChI is InChI=1S/C12H14IN3O/c1-8-7-17-3-2-16(8)9-4-10-11(13)6-15-12(10)14-5-9/h4-6,8H,2-3,7H2,1H3,(H,14,15). The normalized spacial score (nSPS) is 21.1. The van der Waals surface area contributed by atoms with Gasteiger partial charge in [0.15, 0.2) is 0 Å². The number of hydrogen-bond donors (Lipinski definition) is 1. The van der Waals surface area contributed by atoms with Crippen LogP contribution in [0.25, 0.3) is 11.0 Å². The summed E-state index contributed by atoms with van der Waals surface area (Å²) in [5, 5.41) is 1.20. The number of hydrogen-bond acceptors (Lipinski definition) is 3. The molecule has 2 aromatic heterocycles. The lowest BCUT2D eigenvalue weighted by molar-refractivity contribution is 0.0989. The first-order chi connectivity index (χ1) is 8.25. The minimum atomic E-state index is 0.416. The summed E-state index contributed by atoms with van der Waals surface area (Å²) in [6.07, 6.45) is 3.93. The highest BCUT2D eigenvalue weighted by Crippen LogP contribution is 2.25. The monoisotopic (exact) mass is 343 g/mol. The van der Waals surface area contributed by atoms with Crippen molar-refractivity contribution >= 4 is 39.3 Å². The van der Waals surface area contributed by atoms with Crippen molar-refractivity contribution in [3.63, 3.8) is 0 Å². The Kier molecular flexibility index (Phi) is 2.96. The highest BCUT2D eigenvalue weighted by molar-refractivity contribution is 14.1. The van der Waals surface area contributed by atoms with Gasteiger partial charge >= 0.3 is 0 Å². The van der Waals surface area contributed by atoms with E-state index in [0.717, 1.165) is 25.4 Å². The Labute approximate surface area is 113 Å². The van der Waals surface area contributed by atoms with Crippen molar-refractivity contribution in [3.05, 3.63) is 22.0 Å². The molecule has 0 saturated carbocycles. The molecule has 0 spiro atoms. The number of H-pyrrole nitrogens is 1. The summed E-state index contributed by atoms with van der Waals surface area (Å²) in [5.74, 6) is 0. The molecule has 1 atom stereocenters. The van der Waals surface area contributed by atoms with Crippen molar-refractivity contribution in [1.82, 2.24) is 9.97 Å². The average molecular weight is 343 g/mol. The number of pyridine rings is 1. The van der Waals surface area contributed by atoms with Gasteiger partial charge in [-0.3, -0.25) is 0 Å². The van der Waals surface area contributed by atoms with Gasteiger partial charge in [0.05, 0.1) is 25.1 Å². The van der Waals surface area contributed by atoms with Crippen molar-refractivity contribution < 1.29 is 4.74 Å². The van der Waals surface area contributed by atoms with E-state index in [1.165, 1.54) is 14.6 Å². The van der Waals surface area contributed by atoms with Gasteiger partial charge in [-0.15, -0.1) is 0 Å². The largest absolute Gasteiger partial charge is 0.377 e. The van der Waals surface area contributed by atoms with Crippen molar-refractivity contribution in [2.45, 2.75) is 13.0 Å². The molecule has 0 radical (unpaired) electrons. The van der Waals surface area contributed by atoms with E-state index < -0.39 is 0 Å². The molecule has 3 rings (SSSR count). The van der Waals surface area contributed by atoms with Crippen LogP contribution in [0.15, 0.2) is 18.5 Å². The molecule has 4 nitrogen and oxygen atoms in total. The summed E-state index contributed by atoms with van der Waals surface area (Å²) in [5.41, 5.74) is 2.14. The lowest BCUT2D eigenvalue weighted by Gasteiger charge is -2.35. The van der Waals surface area contributed by atoms with Crippen LogP contribution >= 0.6 is 22.6 Å². The molecule has 0 bridgehead atoms. The molecule has 2 aromatic rings. The molecule has 1 saturated heterocycles. The Morgan fingerprint density at radius 2 is 2.47 bits per heavy atom. The van der Waals surface area contributed by atoms with Gasteiger partial charge in [-0.2, -0.15) is 0 Å². The third-order valence-electron chi connectivity index (χ3n) is 3.17. The Bertz CT molecular complexity index is 540. The van der Waals surface area contributed by atoms with Crippen LogP contribution in [0.1, 0.15) is 6.92 Å². The molecule has 0 aromatic carbocycles. The second kappa shape index (κ2) is 4.45. The number of anilines is 1. The van der Waals surface area contributed by atoms with Crippen molar-refractivity contribution in [3.8, 4) is 0 Å². The van der Waals surface area contributed by atoms with Crippen molar-refractivity contribution in [2.75, 3.05) is 24.7 Å². The van der Waals surface area contributed by atoms with Gasteiger partial charge in [0.25, 0.3) is 0 Å². The quantitative estimate of drug-likeness (QED) is 0.809. The molecule has 1 aliphatic rings. The molecule has 17 heavy (non-hydrogen) atoms. The zero-order valence-electron chi connectivity index (χ0n) is 9.61. The lowest BCUT2D eigenvalue weighted by atomic mass is 10.2. The number of halogens is 1. The fourth-order valence-corrected chi connectivity index (χ4v) is 2.79. The van der Waals surface area contributed by atoms with Gasteiger partial charge in [-0.05, 0) is 35.6 Å². The first-order valence-electron chi connectivity index (χ1n) is 5.73. The van der Waals surface area contributed by atoms with Crippen LogP contribution in [0.4, 0.5) is 5.69 Å². The Balaban J connectivity index is 2.01. The average Bonchev–Trinajstić information content (AvgIpc) is 2.71. The number of rotatable bonds is 1. The molecule has 1 fully saturated rings. The van der Waals surface area contributed by atoms with Crippen molar-refractivity contribution in [1.29, 1.82) is 0 Å². The predicted molar refractivity (Wildman–Crippen MR) is 76.4 cm³/mol. The molecule has 0 aliphatic carbocycles.